The number of hydrogen-bond donors (Lipinski definition) is 3. The van der Waals surface area contributed by atoms with Crippen molar-refractivity contribution in [1.82, 2.24) is 0 Å². The number of Topliss-reactive ketones (excluding diaryl/α,β-unsaturated/α-hetero) is 2. The van der Waals surface area contributed by atoms with Crippen LogP contribution < -0.4 is 0 Å². The van der Waals surface area contributed by atoms with Gasteiger partial charge in [-0.25, -0.2) is 0 Å². The van der Waals surface area contributed by atoms with Crippen LogP contribution in [0, 0.1) is 5.92 Å². The predicted molar refractivity (Wildman–Crippen MR) is 117 cm³/mol. The maximum Gasteiger partial charge on any atom is 0.309 e. The van der Waals surface area contributed by atoms with Crippen molar-refractivity contribution in [3.05, 3.63) is 57.1 Å². The number of ether oxygens (including phenoxy) is 2. The molecule has 3 aliphatic carbocycles. The molecule has 0 bridgehead atoms. The van der Waals surface area contributed by atoms with Crippen LogP contribution in [0.2, 0.25) is 0 Å². The van der Waals surface area contributed by atoms with Gasteiger partial charge in [-0.15, -0.1) is 0 Å². The lowest BCUT2D eigenvalue weighted by atomic mass is 9.73. The first-order valence-electron chi connectivity index (χ1n) is 10.9. The normalized spacial score (nSPS) is 29.6. The van der Waals surface area contributed by atoms with Crippen LogP contribution in [0.5, 0.6) is 5.75 Å². The smallest absolute Gasteiger partial charge is 0.309 e. The third-order valence-electron chi connectivity index (χ3n) is 6.49. The molecule has 0 saturated heterocycles. The molecule has 0 spiro atoms. The molecule has 3 N–H and O–H groups in total. The molecule has 0 aromatic heterocycles. The summed E-state index contributed by atoms with van der Waals surface area (Å²) in [5.74, 6) is -4.38. The van der Waals surface area contributed by atoms with E-state index >= 15 is 0 Å². The van der Waals surface area contributed by atoms with E-state index in [1.54, 1.807) is 0 Å². The van der Waals surface area contributed by atoms with Crippen molar-refractivity contribution in [2.24, 2.45) is 11.0 Å². The minimum Gasteiger partial charge on any atom is -0.711 e. The molecule has 3 aliphatic rings. The summed E-state index contributed by atoms with van der Waals surface area (Å²) < 4.78 is 10.7. The molecule has 0 amide bonds. The Kier molecular flexibility index (Phi) is 5.73. The molecule has 35 heavy (non-hydrogen) atoms. The van der Waals surface area contributed by atoms with Gasteiger partial charge in [0.1, 0.15) is 17.5 Å². The van der Waals surface area contributed by atoms with E-state index in [0.29, 0.717) is 0 Å². The molecule has 11 nitrogen and oxygen atoms in total. The molecule has 5 atom stereocenters. The molecular formula is C24H23N2O9-. The summed E-state index contributed by atoms with van der Waals surface area (Å²) in [6.45, 7) is 5.26. The van der Waals surface area contributed by atoms with Crippen molar-refractivity contribution in [2.45, 2.75) is 57.6 Å². The average molecular weight is 483 g/mol. The third-order valence-corrected chi connectivity index (χ3v) is 6.49. The van der Waals surface area contributed by atoms with Gasteiger partial charge >= 0.3 is 11.9 Å². The van der Waals surface area contributed by atoms with Crippen molar-refractivity contribution >= 4 is 23.5 Å². The Bertz CT molecular complexity index is 1260. The van der Waals surface area contributed by atoms with Gasteiger partial charge < -0.3 is 35.4 Å². The molecular weight excluding hydrogens is 460 g/mol. The van der Waals surface area contributed by atoms with Gasteiger partial charge in [0, 0.05) is 34.8 Å². The molecule has 184 valence electrons. The van der Waals surface area contributed by atoms with Gasteiger partial charge in [-0.1, -0.05) is 26.0 Å². The van der Waals surface area contributed by atoms with Crippen LogP contribution in [0.3, 0.4) is 0 Å². The molecule has 0 heterocycles. The number of aliphatic hydroxyl groups excluding tert-OH is 1. The summed E-state index contributed by atoms with van der Waals surface area (Å²) in [7, 11) is 0. The quantitative estimate of drug-likeness (QED) is 0.421. The second-order valence-electron chi connectivity index (χ2n) is 9.21. The molecule has 4 rings (SSSR count). The first-order chi connectivity index (χ1) is 16.3. The van der Waals surface area contributed by atoms with Crippen LogP contribution in [0.4, 0.5) is 0 Å². The lowest BCUT2D eigenvalue weighted by Crippen LogP contribution is -2.62. The number of phenols is 1. The minimum atomic E-state index is -2.24. The van der Waals surface area contributed by atoms with E-state index in [2.05, 4.69) is 5.11 Å². The van der Waals surface area contributed by atoms with Gasteiger partial charge in [0.25, 0.3) is 0 Å². The third kappa shape index (κ3) is 3.41. The second kappa shape index (κ2) is 8.21. The standard InChI is InChI=1S/C24H23N2O9/c1-8(2)23(32)35-21-16-14(20(31)22(24(21,4)33)34-9(3)27)13-15(17(16)26-25)19(30)12-10(18(13)29)6-5-7-11(12)28/h5-8,17,20-22,28,31,33H,1-4H3/q-1. The number of carbonyl (C=O) groups excluding carboxylic acids is 4. The molecule has 0 aliphatic heterocycles. The Balaban J connectivity index is 1.99. The van der Waals surface area contributed by atoms with Crippen LogP contribution in [-0.2, 0) is 19.1 Å². The molecule has 11 heteroatoms. The molecule has 1 aromatic rings. The van der Waals surface area contributed by atoms with Crippen molar-refractivity contribution < 1.29 is 44.0 Å². The van der Waals surface area contributed by atoms with E-state index in [0.717, 1.165) is 13.8 Å². The zero-order valence-corrected chi connectivity index (χ0v) is 19.3. The number of ketones is 2. The topological polar surface area (TPSA) is 182 Å². The number of aliphatic hydroxyl groups is 2. The highest BCUT2D eigenvalue weighted by atomic mass is 16.6. The fraction of sp³-hybridized carbons (Fsp3) is 0.417. The van der Waals surface area contributed by atoms with Crippen molar-refractivity contribution in [3.63, 3.8) is 0 Å². The fourth-order valence-corrected chi connectivity index (χ4v) is 4.90. The highest BCUT2D eigenvalue weighted by Gasteiger charge is 2.61. The van der Waals surface area contributed by atoms with Crippen molar-refractivity contribution in [3.8, 4) is 5.75 Å². The Labute approximate surface area is 199 Å². The minimum absolute atomic E-state index is 0.150. The molecule has 1 aromatic carbocycles. The Morgan fingerprint density at radius 1 is 1.14 bits per heavy atom. The SMILES string of the molecule is CC(=O)OC1C(O)C2=C(C(N=[N-])C3=C2C(=O)c2cccc(O)c2C3=O)C(OC(=O)C(C)C)C1(C)O. The zero-order chi connectivity index (χ0) is 26.0. The van der Waals surface area contributed by atoms with Gasteiger partial charge in [-0.2, -0.15) is 0 Å². The number of nitrogens with zero attached hydrogens (tertiary/aromatic N) is 2. The van der Waals surface area contributed by atoms with Gasteiger partial charge in [0.05, 0.1) is 17.5 Å². The summed E-state index contributed by atoms with van der Waals surface area (Å²) in [5, 5.41) is 36.1. The van der Waals surface area contributed by atoms with Crippen LogP contribution >= 0.6 is 0 Å². The van der Waals surface area contributed by atoms with E-state index in [9.17, 15) is 40.0 Å². The summed E-state index contributed by atoms with van der Waals surface area (Å²) in [6.07, 6.45) is -5.21. The molecule has 0 saturated carbocycles. The number of carbonyl (C=O) groups is 4. The Morgan fingerprint density at radius 3 is 2.37 bits per heavy atom. The average Bonchev–Trinajstić information content (AvgIpc) is 3.13. The van der Waals surface area contributed by atoms with Gasteiger partial charge in [0.2, 0.25) is 0 Å². The summed E-state index contributed by atoms with van der Waals surface area (Å²) in [6, 6.07) is 2.29. The van der Waals surface area contributed by atoms with Crippen LogP contribution in [-0.4, -0.2) is 68.8 Å². The number of benzene rings is 1. The first kappa shape index (κ1) is 24.4. The Morgan fingerprint density at radius 2 is 1.80 bits per heavy atom. The van der Waals surface area contributed by atoms with E-state index < -0.39 is 65.1 Å². The maximum absolute atomic E-state index is 13.5. The molecule has 0 radical (unpaired) electrons. The van der Waals surface area contributed by atoms with Crippen LogP contribution in [0.25, 0.3) is 5.53 Å². The lowest BCUT2D eigenvalue weighted by Gasteiger charge is -2.46. The highest BCUT2D eigenvalue weighted by Crippen LogP contribution is 2.52. The second-order valence-corrected chi connectivity index (χ2v) is 9.21. The van der Waals surface area contributed by atoms with Gasteiger partial charge in [-0.3, -0.25) is 19.2 Å². The van der Waals surface area contributed by atoms with E-state index in [1.807, 2.05) is 0 Å². The zero-order valence-electron chi connectivity index (χ0n) is 19.3. The summed E-state index contributed by atoms with van der Waals surface area (Å²) in [4.78, 5) is 51.3. The largest absolute Gasteiger partial charge is 0.711 e. The van der Waals surface area contributed by atoms with Gasteiger partial charge in [0.15, 0.2) is 23.8 Å². The number of hydrogen-bond acceptors (Lipinski definition) is 10. The number of fused-ring (bicyclic) bond motifs is 2. The summed E-state index contributed by atoms with van der Waals surface area (Å²) in [5.41, 5.74) is 6.12. The van der Waals surface area contributed by atoms with Gasteiger partial charge in [-0.05, 0) is 13.0 Å². The first-order valence-corrected chi connectivity index (χ1v) is 10.9. The summed E-state index contributed by atoms with van der Waals surface area (Å²) >= 11 is 0. The molecule has 0 fully saturated rings. The monoisotopic (exact) mass is 483 g/mol. The fourth-order valence-electron chi connectivity index (χ4n) is 4.90. The molecule has 5 unspecified atom stereocenters. The van der Waals surface area contributed by atoms with Crippen molar-refractivity contribution in [2.75, 3.05) is 0 Å². The predicted octanol–water partition coefficient (Wildman–Crippen LogP) is 1.39. The number of rotatable bonds is 4. The van der Waals surface area contributed by atoms with Crippen molar-refractivity contribution in [1.29, 1.82) is 0 Å². The number of phenolic OH excluding ortho intramolecular Hbond substituents is 1. The lowest BCUT2D eigenvalue weighted by molar-refractivity contribution is -0.203. The van der Waals surface area contributed by atoms with E-state index in [4.69, 9.17) is 9.47 Å². The van der Waals surface area contributed by atoms with Crippen LogP contribution in [0.1, 0.15) is 48.4 Å². The Hall–Kier alpha value is -3.70. The number of esters is 2. The highest BCUT2D eigenvalue weighted by molar-refractivity contribution is 6.31. The van der Waals surface area contributed by atoms with Crippen LogP contribution in [0.15, 0.2) is 45.6 Å². The number of aromatic hydroxyl groups is 1. The maximum atomic E-state index is 13.5. The van der Waals surface area contributed by atoms with E-state index in [1.165, 1.54) is 32.0 Å². The van der Waals surface area contributed by atoms with E-state index in [-0.39, 0.29) is 33.4 Å².